The van der Waals surface area contributed by atoms with E-state index in [0.717, 1.165) is 22.3 Å². The minimum Gasteiger partial charge on any atom is -0.478 e. The van der Waals surface area contributed by atoms with Crippen molar-refractivity contribution in [3.63, 3.8) is 0 Å². The number of carbonyl (C=O) groups is 3. The Morgan fingerprint density at radius 3 is 2.08 bits per heavy atom. The van der Waals surface area contributed by atoms with Gasteiger partial charge in [0, 0.05) is 12.1 Å². The Labute approximate surface area is 206 Å². The third-order valence-corrected chi connectivity index (χ3v) is 5.32. The van der Waals surface area contributed by atoms with E-state index in [9.17, 15) is 24.5 Å². The number of benzene rings is 3. The number of ether oxygens (including phenoxy) is 1. The molecule has 1 aliphatic rings. The summed E-state index contributed by atoms with van der Waals surface area (Å²) in [5.41, 5.74) is 8.42. The van der Waals surface area contributed by atoms with Crippen molar-refractivity contribution in [1.82, 2.24) is 0 Å². The van der Waals surface area contributed by atoms with Crippen molar-refractivity contribution < 1.29 is 34.3 Å². The van der Waals surface area contributed by atoms with Gasteiger partial charge in [-0.2, -0.15) is 0 Å². The topological polar surface area (TPSA) is 170 Å². The van der Waals surface area contributed by atoms with Gasteiger partial charge in [-0.05, 0) is 73.7 Å². The van der Waals surface area contributed by atoms with Crippen molar-refractivity contribution in [3.05, 3.63) is 92.5 Å². The zero-order valence-electron chi connectivity index (χ0n) is 19.8. The van der Waals surface area contributed by atoms with Crippen molar-refractivity contribution in [2.24, 2.45) is 0 Å². The number of aromatic carboxylic acids is 2. The van der Waals surface area contributed by atoms with Gasteiger partial charge in [0.25, 0.3) is 5.69 Å². The van der Waals surface area contributed by atoms with Gasteiger partial charge in [-0.3, -0.25) is 10.1 Å². The molecule has 0 aromatic heterocycles. The van der Waals surface area contributed by atoms with Crippen LogP contribution in [0, 0.1) is 10.1 Å². The molecule has 3 aromatic carbocycles. The number of nitrogens with zero attached hydrogens (tertiary/aromatic N) is 1. The molecule has 0 unspecified atom stereocenters. The molecule has 36 heavy (non-hydrogen) atoms. The van der Waals surface area contributed by atoms with Gasteiger partial charge in [-0.1, -0.05) is 18.2 Å². The van der Waals surface area contributed by atoms with Gasteiger partial charge in [0.1, 0.15) is 5.60 Å². The molecule has 3 aromatic rings. The number of esters is 1. The van der Waals surface area contributed by atoms with Crippen LogP contribution in [0.15, 0.2) is 54.6 Å². The molecule has 4 rings (SSSR count). The van der Waals surface area contributed by atoms with E-state index >= 15 is 0 Å². The van der Waals surface area contributed by atoms with Crippen molar-refractivity contribution in [2.75, 3.05) is 5.73 Å². The van der Waals surface area contributed by atoms with Gasteiger partial charge < -0.3 is 20.7 Å². The first-order chi connectivity index (χ1) is 16.8. The molecule has 186 valence electrons. The second-order valence-corrected chi connectivity index (χ2v) is 8.99. The molecule has 10 nitrogen and oxygen atoms in total. The largest absolute Gasteiger partial charge is 0.478 e. The predicted molar refractivity (Wildman–Crippen MR) is 131 cm³/mol. The molecule has 0 fully saturated rings. The molecule has 0 heterocycles. The molecule has 0 radical (unpaired) electrons. The molecule has 10 heteroatoms. The number of nitro groups is 1. The zero-order chi connectivity index (χ0) is 26.8. The van der Waals surface area contributed by atoms with Crippen LogP contribution in [0.4, 0.5) is 11.4 Å². The maximum atomic E-state index is 11.8. The predicted octanol–water partition coefficient (Wildman–Crippen LogP) is 4.79. The van der Waals surface area contributed by atoms with E-state index in [2.05, 4.69) is 0 Å². The molecule has 0 saturated carbocycles. The fraction of sp³-hybridized carbons (Fsp3) is 0.192. The van der Waals surface area contributed by atoms with E-state index < -0.39 is 28.4 Å². The van der Waals surface area contributed by atoms with Crippen LogP contribution in [0.3, 0.4) is 0 Å². The summed E-state index contributed by atoms with van der Waals surface area (Å²) in [5, 5.41) is 28.8. The summed E-state index contributed by atoms with van der Waals surface area (Å²) in [6.07, 6.45) is 0.425. The summed E-state index contributed by atoms with van der Waals surface area (Å²) < 4.78 is 5.13. The zero-order valence-corrected chi connectivity index (χ0v) is 19.8. The number of nitrogen functional groups attached to an aromatic ring is 1. The molecule has 0 atom stereocenters. The average molecular weight is 492 g/mol. The van der Waals surface area contributed by atoms with Gasteiger partial charge in [0.15, 0.2) is 0 Å². The molecular formula is C26H24N2O8. The maximum absolute atomic E-state index is 11.8. The number of para-hydroxylation sites is 1. The second-order valence-electron chi connectivity index (χ2n) is 8.99. The summed E-state index contributed by atoms with van der Waals surface area (Å²) in [6.45, 7) is 5.17. The molecule has 0 saturated heterocycles. The van der Waals surface area contributed by atoms with Gasteiger partial charge in [-0.25, -0.2) is 14.4 Å². The van der Waals surface area contributed by atoms with Gasteiger partial charge in [0.05, 0.1) is 27.3 Å². The third-order valence-electron chi connectivity index (χ3n) is 5.32. The lowest BCUT2D eigenvalue weighted by atomic mass is 10.0. The highest BCUT2D eigenvalue weighted by Crippen LogP contribution is 2.39. The lowest BCUT2D eigenvalue weighted by Crippen LogP contribution is -2.24. The molecule has 0 aliphatic heterocycles. The smallest absolute Gasteiger partial charge is 0.340 e. The van der Waals surface area contributed by atoms with Crippen LogP contribution < -0.4 is 5.73 Å². The normalized spacial score (nSPS) is 11.4. The Bertz CT molecular complexity index is 1390. The number of hydrogen-bond donors (Lipinski definition) is 3. The monoisotopic (exact) mass is 492 g/mol. The number of anilines is 1. The Balaban J connectivity index is 0.000000202. The van der Waals surface area contributed by atoms with Gasteiger partial charge >= 0.3 is 17.9 Å². The van der Waals surface area contributed by atoms with Gasteiger partial charge in [0.2, 0.25) is 0 Å². The van der Waals surface area contributed by atoms with E-state index in [1.54, 1.807) is 39.0 Å². The van der Waals surface area contributed by atoms with Gasteiger partial charge in [-0.15, -0.1) is 0 Å². The van der Waals surface area contributed by atoms with Crippen LogP contribution in [0.1, 0.15) is 63.0 Å². The number of fused-ring (bicyclic) bond motifs is 3. The van der Waals surface area contributed by atoms with Crippen molar-refractivity contribution >= 4 is 29.3 Å². The summed E-state index contributed by atoms with van der Waals surface area (Å²) in [7, 11) is 0. The first-order valence-electron chi connectivity index (χ1n) is 10.8. The Morgan fingerprint density at radius 2 is 1.50 bits per heavy atom. The summed E-state index contributed by atoms with van der Waals surface area (Å²) >= 11 is 0. The van der Waals surface area contributed by atoms with E-state index in [1.165, 1.54) is 30.3 Å². The van der Waals surface area contributed by atoms with E-state index in [1.807, 2.05) is 6.07 Å². The van der Waals surface area contributed by atoms with Crippen LogP contribution in [-0.2, 0) is 11.2 Å². The van der Waals surface area contributed by atoms with Crippen LogP contribution in [0.25, 0.3) is 11.1 Å². The van der Waals surface area contributed by atoms with Crippen LogP contribution >= 0.6 is 0 Å². The number of carbonyl (C=O) groups excluding carboxylic acids is 1. The number of hydrogen-bond acceptors (Lipinski definition) is 7. The van der Waals surface area contributed by atoms with E-state index in [-0.39, 0.29) is 28.1 Å². The number of non-ortho nitro benzene ring substituents is 1. The van der Waals surface area contributed by atoms with Crippen LogP contribution in [-0.4, -0.2) is 38.6 Å². The number of carboxylic acid groups (broad SMARTS) is 2. The molecular weight excluding hydrogens is 468 g/mol. The van der Waals surface area contributed by atoms with Crippen molar-refractivity contribution in [2.45, 2.75) is 32.8 Å². The lowest BCUT2D eigenvalue weighted by Gasteiger charge is -2.20. The number of carboxylic acids is 2. The minimum atomic E-state index is -1.17. The molecule has 0 bridgehead atoms. The van der Waals surface area contributed by atoms with E-state index in [4.69, 9.17) is 20.7 Å². The Kier molecular flexibility index (Phi) is 7.09. The summed E-state index contributed by atoms with van der Waals surface area (Å²) in [5.74, 6) is -2.77. The highest BCUT2D eigenvalue weighted by atomic mass is 16.6. The van der Waals surface area contributed by atoms with Crippen LogP contribution in [0.2, 0.25) is 0 Å². The number of rotatable bonds is 4. The summed E-state index contributed by atoms with van der Waals surface area (Å²) in [4.78, 5) is 44.1. The Morgan fingerprint density at radius 1 is 0.917 bits per heavy atom. The SMILES string of the molecule is CC(C)(C)OC(=O)c1cccc(C(=O)O)c1N.O=C(O)c1cccc2c1Cc1cc([N+](=O)[O-])ccc1-2. The maximum Gasteiger partial charge on any atom is 0.340 e. The van der Waals surface area contributed by atoms with Crippen molar-refractivity contribution in [3.8, 4) is 11.1 Å². The van der Waals surface area contributed by atoms with E-state index in [0.29, 0.717) is 6.42 Å². The average Bonchev–Trinajstić information content (AvgIpc) is 3.16. The second kappa shape index (κ2) is 9.87. The lowest BCUT2D eigenvalue weighted by molar-refractivity contribution is -0.384. The highest BCUT2D eigenvalue weighted by Gasteiger charge is 2.25. The molecule has 1 aliphatic carbocycles. The molecule has 4 N–H and O–H groups in total. The Hall–Kier alpha value is -4.73. The fourth-order valence-corrected chi connectivity index (χ4v) is 3.79. The first kappa shape index (κ1) is 25.9. The fourth-order valence-electron chi connectivity index (χ4n) is 3.79. The molecule has 0 spiro atoms. The molecule has 0 amide bonds. The minimum absolute atomic E-state index is 0.0310. The summed E-state index contributed by atoms with van der Waals surface area (Å²) in [6, 6.07) is 14.0. The van der Waals surface area contributed by atoms with Crippen molar-refractivity contribution in [1.29, 1.82) is 0 Å². The standard InChI is InChI=1S/C14H9NO4.C12H15NO4/c16-14(17)12-3-1-2-11-10-5-4-9(15(18)19)6-8(10)7-13(11)12;1-12(2,3)17-11(16)8-6-4-5-7(9(8)13)10(14)15/h1-6H,7H2,(H,16,17);4-6H,13H2,1-3H3,(H,14,15). The highest BCUT2D eigenvalue weighted by molar-refractivity contribution is 6.03. The third kappa shape index (κ3) is 5.49. The quantitative estimate of drug-likeness (QED) is 0.157. The number of nitro benzene ring substituents is 1. The first-order valence-corrected chi connectivity index (χ1v) is 10.8. The number of nitrogens with two attached hydrogens (primary N) is 1. The van der Waals surface area contributed by atoms with Crippen LogP contribution in [0.5, 0.6) is 0 Å².